The predicted octanol–water partition coefficient (Wildman–Crippen LogP) is 3.65. The van der Waals surface area contributed by atoms with Gasteiger partial charge in [0, 0.05) is 12.6 Å². The fourth-order valence-electron chi connectivity index (χ4n) is 2.75. The third-order valence-electron chi connectivity index (χ3n) is 4.19. The van der Waals surface area contributed by atoms with Crippen molar-refractivity contribution in [1.29, 1.82) is 0 Å². The molecule has 2 rings (SSSR count). The molecule has 0 saturated heterocycles. The van der Waals surface area contributed by atoms with Crippen molar-refractivity contribution < 1.29 is 9.53 Å². The summed E-state index contributed by atoms with van der Waals surface area (Å²) >= 11 is 0. The van der Waals surface area contributed by atoms with Gasteiger partial charge in [0.1, 0.15) is 5.75 Å². The highest BCUT2D eigenvalue weighted by molar-refractivity contribution is 6.00. The van der Waals surface area contributed by atoms with Gasteiger partial charge >= 0.3 is 0 Å². The van der Waals surface area contributed by atoms with Crippen molar-refractivity contribution in [2.45, 2.75) is 59.6 Å². The van der Waals surface area contributed by atoms with Gasteiger partial charge in [-0.1, -0.05) is 40.7 Å². The van der Waals surface area contributed by atoms with Gasteiger partial charge in [-0.25, -0.2) is 0 Å². The number of benzene rings is 1. The molecule has 0 saturated carbocycles. The van der Waals surface area contributed by atoms with E-state index in [1.807, 2.05) is 30.0 Å². The molecule has 1 aromatic rings. The molecule has 122 valence electrons. The monoisotopic (exact) mass is 304 g/mol. The average molecular weight is 304 g/mol. The van der Waals surface area contributed by atoms with Crippen molar-refractivity contribution in [2.75, 3.05) is 11.4 Å². The van der Waals surface area contributed by atoms with Gasteiger partial charge in [0.2, 0.25) is 0 Å². The molecule has 4 nitrogen and oxygen atoms in total. The minimum Gasteiger partial charge on any atom is -0.478 e. The third-order valence-corrected chi connectivity index (χ3v) is 4.19. The smallest absolute Gasteiger partial charge is 0.268 e. The van der Waals surface area contributed by atoms with E-state index in [0.717, 1.165) is 23.4 Å². The van der Waals surface area contributed by atoms with Crippen molar-refractivity contribution in [3.63, 3.8) is 0 Å². The van der Waals surface area contributed by atoms with Gasteiger partial charge in [-0.05, 0) is 36.0 Å². The third kappa shape index (κ3) is 3.12. The number of hydrogen-bond acceptors (Lipinski definition) is 3. The lowest BCUT2D eigenvalue weighted by molar-refractivity contribution is -0.126. The maximum absolute atomic E-state index is 12.6. The van der Waals surface area contributed by atoms with Crippen LogP contribution in [0, 0.1) is 5.41 Å². The minimum atomic E-state index is -0.374. The number of rotatable bonds is 4. The summed E-state index contributed by atoms with van der Waals surface area (Å²) in [5, 5.41) is 0. The summed E-state index contributed by atoms with van der Waals surface area (Å²) in [6, 6.07) is 5.90. The molecule has 2 atom stereocenters. The van der Waals surface area contributed by atoms with Crippen LogP contribution in [0.4, 0.5) is 5.69 Å². The molecule has 2 unspecified atom stereocenters. The van der Waals surface area contributed by atoms with Crippen molar-refractivity contribution in [2.24, 2.45) is 11.1 Å². The number of fused-ring (bicyclic) bond motifs is 1. The van der Waals surface area contributed by atoms with Crippen LogP contribution in [-0.4, -0.2) is 18.6 Å². The first-order valence-electron chi connectivity index (χ1n) is 8.17. The Morgan fingerprint density at radius 2 is 2.00 bits per heavy atom. The Balaban J connectivity index is 2.44. The number of hydrogen-bond donors (Lipinski definition) is 1. The number of carbonyl (C=O) groups is 1. The van der Waals surface area contributed by atoms with Crippen molar-refractivity contribution in [3.8, 4) is 5.75 Å². The number of anilines is 1. The highest BCUT2D eigenvalue weighted by Crippen LogP contribution is 2.39. The van der Waals surface area contributed by atoms with Gasteiger partial charge in [0.05, 0.1) is 5.69 Å². The summed E-state index contributed by atoms with van der Waals surface area (Å²) in [4.78, 5) is 14.4. The van der Waals surface area contributed by atoms with Gasteiger partial charge in [0.25, 0.3) is 5.91 Å². The van der Waals surface area contributed by atoms with Gasteiger partial charge < -0.3 is 15.4 Å². The zero-order chi connectivity index (χ0) is 16.5. The normalized spacial score (nSPS) is 19.6. The number of ether oxygens (including phenoxy) is 1. The van der Waals surface area contributed by atoms with E-state index in [9.17, 15) is 4.79 Å². The molecule has 1 heterocycles. The SMILES string of the molecule is CCCN1C(=O)C(CC)Oc2ccc(C(N)C(C)(C)C)cc21. The molecule has 1 aliphatic rings. The molecule has 1 amide bonds. The molecular formula is C18H28N2O2. The van der Waals surface area contributed by atoms with E-state index in [1.54, 1.807) is 0 Å². The Kier molecular flexibility index (Phi) is 4.81. The lowest BCUT2D eigenvalue weighted by atomic mass is 9.83. The second-order valence-electron chi connectivity index (χ2n) is 7.08. The molecule has 0 aliphatic carbocycles. The Hall–Kier alpha value is -1.55. The molecule has 22 heavy (non-hydrogen) atoms. The standard InChI is InChI=1S/C18H28N2O2/c1-6-10-20-13-11-12(16(19)18(3,4)5)8-9-15(13)22-14(7-2)17(20)21/h8-9,11,14,16H,6-7,10,19H2,1-5H3. The van der Waals surface area contributed by atoms with Crippen molar-refractivity contribution >= 4 is 11.6 Å². The molecule has 4 heteroatoms. The Morgan fingerprint density at radius 3 is 2.55 bits per heavy atom. The number of nitrogens with zero attached hydrogens (tertiary/aromatic N) is 1. The van der Waals surface area contributed by atoms with Crippen molar-refractivity contribution in [1.82, 2.24) is 0 Å². The first-order valence-corrected chi connectivity index (χ1v) is 8.17. The fourth-order valence-corrected chi connectivity index (χ4v) is 2.75. The van der Waals surface area contributed by atoms with E-state index >= 15 is 0 Å². The minimum absolute atomic E-state index is 0.0324. The highest BCUT2D eigenvalue weighted by atomic mass is 16.5. The largest absolute Gasteiger partial charge is 0.478 e. The first kappa shape index (κ1) is 16.8. The predicted molar refractivity (Wildman–Crippen MR) is 90.2 cm³/mol. The van der Waals surface area contributed by atoms with E-state index in [4.69, 9.17) is 10.5 Å². The van der Waals surface area contributed by atoms with Crippen LogP contribution in [0.1, 0.15) is 59.1 Å². The van der Waals surface area contributed by atoms with E-state index in [2.05, 4.69) is 27.7 Å². The second kappa shape index (κ2) is 6.29. The van der Waals surface area contributed by atoms with E-state index in [-0.39, 0.29) is 23.5 Å². The van der Waals surface area contributed by atoms with Crippen LogP contribution in [0.15, 0.2) is 18.2 Å². The van der Waals surface area contributed by atoms with Crippen molar-refractivity contribution in [3.05, 3.63) is 23.8 Å². The zero-order valence-corrected chi connectivity index (χ0v) is 14.3. The molecule has 0 aromatic heterocycles. The van der Waals surface area contributed by atoms with Crippen LogP contribution < -0.4 is 15.4 Å². The maximum Gasteiger partial charge on any atom is 0.268 e. The van der Waals surface area contributed by atoms with Crippen LogP contribution in [-0.2, 0) is 4.79 Å². The van der Waals surface area contributed by atoms with Gasteiger partial charge in [-0.2, -0.15) is 0 Å². The van der Waals surface area contributed by atoms with E-state index < -0.39 is 0 Å². The van der Waals surface area contributed by atoms with Crippen LogP contribution >= 0.6 is 0 Å². The first-order chi connectivity index (χ1) is 10.3. The lowest BCUT2D eigenvalue weighted by Gasteiger charge is -2.35. The highest BCUT2D eigenvalue weighted by Gasteiger charge is 2.33. The van der Waals surface area contributed by atoms with Gasteiger partial charge in [0.15, 0.2) is 6.10 Å². The fraction of sp³-hybridized carbons (Fsp3) is 0.611. The van der Waals surface area contributed by atoms with Crippen LogP contribution in [0.5, 0.6) is 5.75 Å². The molecule has 0 fully saturated rings. The summed E-state index contributed by atoms with van der Waals surface area (Å²) in [7, 11) is 0. The Labute approximate surface area is 133 Å². The van der Waals surface area contributed by atoms with Gasteiger partial charge in [-0.15, -0.1) is 0 Å². The van der Waals surface area contributed by atoms with E-state index in [1.165, 1.54) is 0 Å². The number of amides is 1. The molecule has 0 radical (unpaired) electrons. The molecule has 1 aliphatic heterocycles. The maximum atomic E-state index is 12.6. The average Bonchev–Trinajstić information content (AvgIpc) is 2.47. The van der Waals surface area contributed by atoms with Crippen LogP contribution in [0.2, 0.25) is 0 Å². The summed E-state index contributed by atoms with van der Waals surface area (Å²) in [6.45, 7) is 11.1. The van der Waals surface area contributed by atoms with Crippen LogP contribution in [0.3, 0.4) is 0 Å². The van der Waals surface area contributed by atoms with Crippen LogP contribution in [0.25, 0.3) is 0 Å². The summed E-state index contributed by atoms with van der Waals surface area (Å²) < 4.78 is 5.86. The Morgan fingerprint density at radius 1 is 1.32 bits per heavy atom. The molecule has 0 bridgehead atoms. The topological polar surface area (TPSA) is 55.6 Å². The van der Waals surface area contributed by atoms with E-state index in [0.29, 0.717) is 13.0 Å². The number of carbonyl (C=O) groups excluding carboxylic acids is 1. The number of nitrogens with two attached hydrogens (primary N) is 1. The summed E-state index contributed by atoms with van der Waals surface area (Å²) in [6.07, 6.45) is 1.22. The molecular weight excluding hydrogens is 276 g/mol. The Bertz CT molecular complexity index is 549. The zero-order valence-electron chi connectivity index (χ0n) is 14.3. The molecule has 2 N–H and O–H groups in total. The van der Waals surface area contributed by atoms with Gasteiger partial charge in [-0.3, -0.25) is 4.79 Å². The molecule has 0 spiro atoms. The molecule has 1 aromatic carbocycles. The second-order valence-corrected chi connectivity index (χ2v) is 7.08. The summed E-state index contributed by atoms with van der Waals surface area (Å²) in [5.74, 6) is 0.836. The summed E-state index contributed by atoms with van der Waals surface area (Å²) in [5.41, 5.74) is 8.23. The lowest BCUT2D eigenvalue weighted by Crippen LogP contribution is -2.46. The quantitative estimate of drug-likeness (QED) is 0.924.